The van der Waals surface area contributed by atoms with Gasteiger partial charge in [0.25, 0.3) is 0 Å². The van der Waals surface area contributed by atoms with Gasteiger partial charge in [0.2, 0.25) is 0 Å². The number of esters is 1. The predicted molar refractivity (Wildman–Crippen MR) is 59.6 cm³/mol. The van der Waals surface area contributed by atoms with Crippen LogP contribution in [0.5, 0.6) is 5.75 Å². The van der Waals surface area contributed by atoms with E-state index in [4.69, 9.17) is 19.9 Å². The van der Waals surface area contributed by atoms with Crippen molar-refractivity contribution in [3.05, 3.63) is 23.8 Å². The normalized spacial score (nSPS) is 9.88. The van der Waals surface area contributed by atoms with Gasteiger partial charge in [-0.15, -0.1) is 0 Å². The predicted octanol–water partition coefficient (Wildman–Crippen LogP) is 1.08. The van der Waals surface area contributed by atoms with E-state index in [2.05, 4.69) is 0 Å². The summed E-state index contributed by atoms with van der Waals surface area (Å²) in [6.07, 6.45) is 0. The molecule has 0 aliphatic carbocycles. The Kier molecular flexibility index (Phi) is 4.60. The largest absolute Gasteiger partial charge is 0.495 e. The number of benzene rings is 1. The lowest BCUT2D eigenvalue weighted by molar-refractivity contribution is 0.0388. The van der Waals surface area contributed by atoms with Crippen molar-refractivity contribution >= 4 is 11.7 Å². The van der Waals surface area contributed by atoms with Gasteiger partial charge in [0.05, 0.1) is 25.0 Å². The first kappa shape index (κ1) is 12.3. The first-order chi connectivity index (χ1) is 7.69. The minimum absolute atomic E-state index is 0.224. The lowest BCUT2D eigenvalue weighted by atomic mass is 10.2. The molecule has 88 valence electrons. The van der Waals surface area contributed by atoms with Crippen LogP contribution in [0.15, 0.2) is 18.2 Å². The number of anilines is 1. The van der Waals surface area contributed by atoms with Gasteiger partial charge in [-0.3, -0.25) is 0 Å². The molecule has 0 fully saturated rings. The second kappa shape index (κ2) is 5.97. The molecule has 0 amide bonds. The molecule has 1 aromatic rings. The second-order valence-electron chi connectivity index (χ2n) is 3.09. The van der Waals surface area contributed by atoms with E-state index in [1.165, 1.54) is 7.11 Å². The number of methoxy groups -OCH3 is 2. The van der Waals surface area contributed by atoms with E-state index in [9.17, 15) is 4.79 Å². The molecule has 1 aromatic carbocycles. The Morgan fingerprint density at radius 3 is 2.69 bits per heavy atom. The summed E-state index contributed by atoms with van der Waals surface area (Å²) in [7, 11) is 3.03. The molecule has 0 spiro atoms. The highest BCUT2D eigenvalue weighted by atomic mass is 16.6. The van der Waals surface area contributed by atoms with Crippen LogP contribution in [0.1, 0.15) is 10.4 Å². The third-order valence-corrected chi connectivity index (χ3v) is 1.99. The van der Waals surface area contributed by atoms with Crippen LogP contribution in [0, 0.1) is 0 Å². The molecule has 0 atom stereocenters. The zero-order valence-electron chi connectivity index (χ0n) is 9.36. The number of ether oxygens (including phenoxy) is 3. The highest BCUT2D eigenvalue weighted by Gasteiger charge is 2.09. The van der Waals surface area contributed by atoms with Crippen molar-refractivity contribution in [2.45, 2.75) is 0 Å². The van der Waals surface area contributed by atoms with Crippen LogP contribution in [0.3, 0.4) is 0 Å². The number of carbonyl (C=O) groups excluding carboxylic acids is 1. The van der Waals surface area contributed by atoms with Crippen molar-refractivity contribution < 1.29 is 19.0 Å². The summed E-state index contributed by atoms with van der Waals surface area (Å²) >= 11 is 0. The molecule has 2 N–H and O–H groups in total. The van der Waals surface area contributed by atoms with Crippen LogP contribution in [0.2, 0.25) is 0 Å². The molecular formula is C11H15NO4. The Labute approximate surface area is 94.1 Å². The lowest BCUT2D eigenvalue weighted by Crippen LogP contribution is -2.10. The second-order valence-corrected chi connectivity index (χ2v) is 3.09. The first-order valence-corrected chi connectivity index (χ1v) is 4.78. The van der Waals surface area contributed by atoms with Gasteiger partial charge in [-0.1, -0.05) is 0 Å². The van der Waals surface area contributed by atoms with Crippen LogP contribution < -0.4 is 10.5 Å². The molecule has 16 heavy (non-hydrogen) atoms. The molecule has 0 aliphatic heterocycles. The van der Waals surface area contributed by atoms with Gasteiger partial charge >= 0.3 is 5.97 Å². The van der Waals surface area contributed by atoms with Crippen LogP contribution >= 0.6 is 0 Å². The van der Waals surface area contributed by atoms with Gasteiger partial charge < -0.3 is 19.9 Å². The molecule has 0 heterocycles. The van der Waals surface area contributed by atoms with Gasteiger partial charge in [0.15, 0.2) is 0 Å². The summed E-state index contributed by atoms with van der Waals surface area (Å²) in [6.45, 7) is 0.597. The standard InChI is InChI=1S/C11H15NO4/c1-14-5-6-16-11(13)8-3-4-9(12)10(7-8)15-2/h3-4,7H,5-6,12H2,1-2H3. The topological polar surface area (TPSA) is 70.8 Å². The van der Waals surface area contributed by atoms with E-state index in [1.54, 1.807) is 25.3 Å². The van der Waals surface area contributed by atoms with Crippen molar-refractivity contribution in [1.29, 1.82) is 0 Å². The van der Waals surface area contributed by atoms with Gasteiger partial charge in [-0.05, 0) is 18.2 Å². The highest BCUT2D eigenvalue weighted by Crippen LogP contribution is 2.22. The van der Waals surface area contributed by atoms with Crippen LogP contribution in [-0.4, -0.2) is 33.4 Å². The highest BCUT2D eigenvalue weighted by molar-refractivity contribution is 5.90. The van der Waals surface area contributed by atoms with E-state index in [1.807, 2.05) is 0 Å². The zero-order chi connectivity index (χ0) is 12.0. The van der Waals surface area contributed by atoms with Crippen molar-refractivity contribution in [2.24, 2.45) is 0 Å². The third-order valence-electron chi connectivity index (χ3n) is 1.99. The number of hydrogen-bond donors (Lipinski definition) is 1. The monoisotopic (exact) mass is 225 g/mol. The van der Waals surface area contributed by atoms with Crippen LogP contribution in [0.25, 0.3) is 0 Å². The van der Waals surface area contributed by atoms with Gasteiger partial charge in [-0.2, -0.15) is 0 Å². The van der Waals surface area contributed by atoms with E-state index in [-0.39, 0.29) is 6.61 Å². The Bertz CT molecular complexity index is 365. The van der Waals surface area contributed by atoms with E-state index in [0.29, 0.717) is 23.6 Å². The molecule has 0 saturated carbocycles. The quantitative estimate of drug-likeness (QED) is 0.461. The number of carbonyl (C=O) groups is 1. The summed E-state index contributed by atoms with van der Waals surface area (Å²) in [5.41, 5.74) is 6.51. The molecular weight excluding hydrogens is 210 g/mol. The molecule has 0 unspecified atom stereocenters. The Hall–Kier alpha value is -1.75. The summed E-state index contributed by atoms with van der Waals surface area (Å²) in [5, 5.41) is 0. The minimum atomic E-state index is -0.421. The van der Waals surface area contributed by atoms with Crippen molar-refractivity contribution in [3.63, 3.8) is 0 Å². The molecule has 5 nitrogen and oxygen atoms in total. The van der Waals surface area contributed by atoms with Crippen molar-refractivity contribution in [3.8, 4) is 5.75 Å². The number of hydrogen-bond acceptors (Lipinski definition) is 5. The first-order valence-electron chi connectivity index (χ1n) is 4.78. The SMILES string of the molecule is COCCOC(=O)c1ccc(N)c(OC)c1. The molecule has 0 radical (unpaired) electrons. The van der Waals surface area contributed by atoms with E-state index < -0.39 is 5.97 Å². The average molecular weight is 225 g/mol. The number of nitrogen functional groups attached to an aromatic ring is 1. The van der Waals surface area contributed by atoms with Gasteiger partial charge in [0.1, 0.15) is 12.4 Å². The molecule has 0 aromatic heterocycles. The zero-order valence-corrected chi connectivity index (χ0v) is 9.36. The lowest BCUT2D eigenvalue weighted by Gasteiger charge is -2.07. The third kappa shape index (κ3) is 3.13. The molecule has 0 aliphatic rings. The summed E-state index contributed by atoms with van der Waals surface area (Å²) < 4.78 is 14.7. The van der Waals surface area contributed by atoms with Crippen molar-refractivity contribution in [2.75, 3.05) is 33.2 Å². The van der Waals surface area contributed by atoms with Gasteiger partial charge in [0, 0.05) is 7.11 Å². The average Bonchev–Trinajstić information content (AvgIpc) is 2.30. The Balaban J connectivity index is 2.68. The van der Waals surface area contributed by atoms with E-state index >= 15 is 0 Å². The minimum Gasteiger partial charge on any atom is -0.495 e. The molecule has 1 rings (SSSR count). The Morgan fingerprint density at radius 2 is 2.06 bits per heavy atom. The Morgan fingerprint density at radius 1 is 1.31 bits per heavy atom. The molecule has 0 saturated heterocycles. The van der Waals surface area contributed by atoms with Crippen LogP contribution in [0.4, 0.5) is 5.69 Å². The summed E-state index contributed by atoms with van der Waals surface area (Å²) in [5.74, 6) is 0.0385. The fourth-order valence-electron chi connectivity index (χ4n) is 1.14. The molecule has 0 bridgehead atoms. The maximum Gasteiger partial charge on any atom is 0.338 e. The number of nitrogens with two attached hydrogens (primary N) is 1. The van der Waals surface area contributed by atoms with Crippen LogP contribution in [-0.2, 0) is 9.47 Å². The fourth-order valence-corrected chi connectivity index (χ4v) is 1.14. The van der Waals surface area contributed by atoms with Crippen molar-refractivity contribution in [1.82, 2.24) is 0 Å². The summed E-state index contributed by atoms with van der Waals surface area (Å²) in [6, 6.07) is 4.74. The smallest absolute Gasteiger partial charge is 0.338 e. The number of rotatable bonds is 5. The summed E-state index contributed by atoms with van der Waals surface area (Å²) in [4.78, 5) is 11.5. The molecule has 5 heteroatoms. The maximum absolute atomic E-state index is 11.5. The maximum atomic E-state index is 11.5. The van der Waals surface area contributed by atoms with E-state index in [0.717, 1.165) is 0 Å². The fraction of sp³-hybridized carbons (Fsp3) is 0.364. The van der Waals surface area contributed by atoms with Gasteiger partial charge in [-0.25, -0.2) is 4.79 Å².